The van der Waals surface area contributed by atoms with E-state index < -0.39 is 5.82 Å². The summed E-state index contributed by atoms with van der Waals surface area (Å²) in [5, 5.41) is 2.67. The smallest absolute Gasteiger partial charge is 0.321 e. The molecule has 0 aromatic heterocycles. The van der Waals surface area contributed by atoms with Crippen LogP contribution in [-0.4, -0.2) is 73.1 Å². The molecule has 3 rings (SSSR count). The number of anilines is 1. The molecular weight excluding hydrogens is 307 g/mol. The van der Waals surface area contributed by atoms with Gasteiger partial charge in [-0.1, -0.05) is 12.1 Å². The predicted octanol–water partition coefficient (Wildman–Crippen LogP) is 2.46. The Balaban J connectivity index is 1.53. The van der Waals surface area contributed by atoms with Crippen LogP contribution in [0.5, 0.6) is 0 Å². The fourth-order valence-corrected chi connectivity index (χ4v) is 3.71. The second kappa shape index (κ2) is 7.49. The molecule has 0 aliphatic carbocycles. The normalized spacial score (nSPS) is 23.4. The number of urea groups is 1. The van der Waals surface area contributed by atoms with Gasteiger partial charge in [-0.15, -0.1) is 0 Å². The van der Waals surface area contributed by atoms with Crippen molar-refractivity contribution in [1.29, 1.82) is 0 Å². The molecule has 5 nitrogen and oxygen atoms in total. The van der Waals surface area contributed by atoms with Crippen molar-refractivity contribution >= 4 is 11.7 Å². The van der Waals surface area contributed by atoms with Crippen LogP contribution in [0.15, 0.2) is 24.3 Å². The van der Waals surface area contributed by atoms with Crippen molar-refractivity contribution in [3.8, 4) is 0 Å². The first-order chi connectivity index (χ1) is 11.5. The second-order valence-corrected chi connectivity index (χ2v) is 6.99. The van der Waals surface area contributed by atoms with Crippen molar-refractivity contribution in [2.24, 2.45) is 0 Å². The molecule has 2 fully saturated rings. The first-order valence-electron chi connectivity index (χ1n) is 8.75. The molecular formula is C18H27FN4O. The van der Waals surface area contributed by atoms with Crippen molar-refractivity contribution in [2.45, 2.75) is 31.3 Å². The third-order valence-corrected chi connectivity index (χ3v) is 5.38. The van der Waals surface area contributed by atoms with Gasteiger partial charge in [-0.05, 0) is 51.5 Å². The Morgan fingerprint density at radius 3 is 2.62 bits per heavy atom. The summed E-state index contributed by atoms with van der Waals surface area (Å²) in [5.74, 6) is -0.404. The van der Waals surface area contributed by atoms with Crippen molar-refractivity contribution in [2.75, 3.05) is 45.6 Å². The van der Waals surface area contributed by atoms with Gasteiger partial charge < -0.3 is 15.1 Å². The van der Waals surface area contributed by atoms with Crippen molar-refractivity contribution in [3.63, 3.8) is 0 Å². The summed E-state index contributed by atoms with van der Waals surface area (Å²) in [6.45, 7) is 4.25. The maximum atomic E-state index is 13.7. The summed E-state index contributed by atoms with van der Waals surface area (Å²) < 4.78 is 13.7. The lowest BCUT2D eigenvalue weighted by Gasteiger charge is -2.35. The molecule has 1 aromatic rings. The number of halogens is 1. The molecule has 24 heavy (non-hydrogen) atoms. The van der Waals surface area contributed by atoms with E-state index in [-0.39, 0.29) is 17.8 Å². The van der Waals surface area contributed by atoms with Gasteiger partial charge in [-0.25, -0.2) is 9.18 Å². The highest BCUT2D eigenvalue weighted by Crippen LogP contribution is 2.23. The van der Waals surface area contributed by atoms with Crippen LogP contribution in [0.1, 0.15) is 19.3 Å². The van der Waals surface area contributed by atoms with Gasteiger partial charge in [0, 0.05) is 32.2 Å². The molecule has 2 aliphatic rings. The van der Waals surface area contributed by atoms with Crippen LogP contribution in [0, 0.1) is 5.82 Å². The Kier molecular flexibility index (Phi) is 5.36. The Labute approximate surface area is 143 Å². The summed E-state index contributed by atoms with van der Waals surface area (Å²) in [5.41, 5.74) is 0.236. The molecule has 0 saturated carbocycles. The Morgan fingerprint density at radius 1 is 1.21 bits per heavy atom. The maximum absolute atomic E-state index is 13.7. The second-order valence-electron chi connectivity index (χ2n) is 6.99. The lowest BCUT2D eigenvalue weighted by Crippen LogP contribution is -2.45. The van der Waals surface area contributed by atoms with Gasteiger partial charge in [-0.2, -0.15) is 0 Å². The third-order valence-electron chi connectivity index (χ3n) is 5.38. The van der Waals surface area contributed by atoms with Gasteiger partial charge in [0.15, 0.2) is 0 Å². The molecule has 1 aromatic carbocycles. The molecule has 0 radical (unpaired) electrons. The lowest BCUT2D eigenvalue weighted by molar-refractivity contribution is 0.135. The molecule has 2 aliphatic heterocycles. The number of likely N-dealkylation sites (N-methyl/N-ethyl adjacent to an activating group) is 1. The van der Waals surface area contributed by atoms with E-state index in [4.69, 9.17) is 0 Å². The fraction of sp³-hybridized carbons (Fsp3) is 0.611. The zero-order valence-electron chi connectivity index (χ0n) is 14.5. The van der Waals surface area contributed by atoms with E-state index in [9.17, 15) is 9.18 Å². The van der Waals surface area contributed by atoms with Crippen molar-refractivity contribution in [3.05, 3.63) is 30.1 Å². The number of amides is 2. The van der Waals surface area contributed by atoms with Gasteiger partial charge in [0.05, 0.1) is 5.69 Å². The van der Waals surface area contributed by atoms with Crippen LogP contribution in [0.2, 0.25) is 0 Å². The number of hydrogen-bond donors (Lipinski definition) is 1. The summed E-state index contributed by atoms with van der Waals surface area (Å²) in [7, 11) is 3.98. The SMILES string of the molecule is CN1CCC(N2CC[C@@H](N(C)C(=O)Nc3ccccc3F)C2)CC1. The molecule has 1 N–H and O–H groups in total. The first kappa shape index (κ1) is 17.2. The highest BCUT2D eigenvalue weighted by Gasteiger charge is 2.33. The number of nitrogens with zero attached hydrogens (tertiary/aromatic N) is 3. The number of benzene rings is 1. The molecule has 0 bridgehead atoms. The zero-order chi connectivity index (χ0) is 17.1. The number of hydrogen-bond acceptors (Lipinski definition) is 3. The van der Waals surface area contributed by atoms with E-state index >= 15 is 0 Å². The fourth-order valence-electron chi connectivity index (χ4n) is 3.71. The number of carbonyl (C=O) groups excluding carboxylic acids is 1. The highest BCUT2D eigenvalue weighted by molar-refractivity contribution is 5.89. The van der Waals surface area contributed by atoms with Crippen LogP contribution < -0.4 is 5.32 Å². The Hall–Kier alpha value is -1.66. The monoisotopic (exact) mass is 334 g/mol. The van der Waals surface area contributed by atoms with E-state index in [0.717, 1.165) is 32.6 Å². The molecule has 2 saturated heterocycles. The molecule has 1 atom stereocenters. The number of rotatable bonds is 3. The predicted molar refractivity (Wildman–Crippen MR) is 93.7 cm³/mol. The first-order valence-corrected chi connectivity index (χ1v) is 8.75. The van der Waals surface area contributed by atoms with E-state index in [2.05, 4.69) is 22.2 Å². The average molecular weight is 334 g/mol. The molecule has 2 heterocycles. The number of likely N-dealkylation sites (tertiary alicyclic amines) is 2. The minimum Gasteiger partial charge on any atom is -0.323 e. The minimum absolute atomic E-state index is 0.191. The van der Waals surface area contributed by atoms with E-state index in [1.807, 2.05) is 0 Å². The number of para-hydroxylation sites is 1. The quantitative estimate of drug-likeness (QED) is 0.923. The van der Waals surface area contributed by atoms with E-state index in [1.54, 1.807) is 30.1 Å². The highest BCUT2D eigenvalue weighted by atomic mass is 19.1. The van der Waals surface area contributed by atoms with Gasteiger partial charge in [0.25, 0.3) is 0 Å². The van der Waals surface area contributed by atoms with Crippen LogP contribution in [0.3, 0.4) is 0 Å². The van der Waals surface area contributed by atoms with Crippen molar-refractivity contribution in [1.82, 2.24) is 14.7 Å². The van der Waals surface area contributed by atoms with E-state index in [1.165, 1.54) is 18.9 Å². The van der Waals surface area contributed by atoms with Crippen LogP contribution >= 0.6 is 0 Å². The maximum Gasteiger partial charge on any atom is 0.321 e. The Morgan fingerprint density at radius 2 is 1.92 bits per heavy atom. The lowest BCUT2D eigenvalue weighted by atomic mass is 10.0. The van der Waals surface area contributed by atoms with Crippen LogP contribution in [-0.2, 0) is 0 Å². The molecule has 2 amide bonds. The summed E-state index contributed by atoms with van der Waals surface area (Å²) in [6.07, 6.45) is 3.39. The van der Waals surface area contributed by atoms with Crippen LogP contribution in [0.4, 0.5) is 14.9 Å². The number of nitrogens with one attached hydrogen (secondary N) is 1. The van der Waals surface area contributed by atoms with Crippen LogP contribution in [0.25, 0.3) is 0 Å². The topological polar surface area (TPSA) is 38.8 Å². The zero-order valence-corrected chi connectivity index (χ0v) is 14.5. The van der Waals surface area contributed by atoms with Crippen molar-refractivity contribution < 1.29 is 9.18 Å². The summed E-state index contributed by atoms with van der Waals surface area (Å²) in [4.78, 5) is 19.0. The standard InChI is InChI=1S/C18H27FN4O/c1-21-10-7-14(8-11-21)23-12-9-15(13-23)22(2)18(24)20-17-6-4-3-5-16(17)19/h3-6,14-15H,7-13H2,1-2H3,(H,20,24)/t15-/m1/s1. The van der Waals surface area contributed by atoms with Gasteiger partial charge >= 0.3 is 6.03 Å². The number of piperidine rings is 1. The Bertz CT molecular complexity index is 574. The summed E-state index contributed by atoms with van der Waals surface area (Å²) in [6, 6.07) is 6.86. The van der Waals surface area contributed by atoms with Gasteiger partial charge in [0.1, 0.15) is 5.82 Å². The molecule has 132 valence electrons. The largest absolute Gasteiger partial charge is 0.323 e. The minimum atomic E-state index is -0.404. The summed E-state index contributed by atoms with van der Waals surface area (Å²) >= 11 is 0. The molecule has 0 spiro atoms. The number of carbonyl (C=O) groups is 1. The molecule has 0 unspecified atom stereocenters. The van der Waals surface area contributed by atoms with Gasteiger partial charge in [-0.3, -0.25) is 4.90 Å². The average Bonchev–Trinajstić information content (AvgIpc) is 3.07. The van der Waals surface area contributed by atoms with Gasteiger partial charge in [0.2, 0.25) is 0 Å². The molecule has 6 heteroatoms. The third kappa shape index (κ3) is 3.87. The van der Waals surface area contributed by atoms with E-state index in [0.29, 0.717) is 6.04 Å².